The Bertz CT molecular complexity index is 596. The summed E-state index contributed by atoms with van der Waals surface area (Å²) < 4.78 is 9.69. The maximum Gasteiger partial charge on any atom is 0.336 e. The topological polar surface area (TPSA) is 109 Å². The predicted octanol–water partition coefficient (Wildman–Crippen LogP) is 0.780. The standard InChI is InChI=1S/C11H12N4O4/c1-18-6-3-4-7(8(16)5-6)9(17)12-10-13-11(19-2)15-14-10/h3-5,16H,1-2H3,(H2,12,13,14,15,17). The molecule has 0 atom stereocenters. The predicted molar refractivity (Wildman–Crippen MR) is 65.5 cm³/mol. The van der Waals surface area contributed by atoms with Crippen molar-refractivity contribution in [2.75, 3.05) is 19.5 Å². The molecule has 2 aromatic rings. The molecular formula is C11H12N4O4. The monoisotopic (exact) mass is 264 g/mol. The van der Waals surface area contributed by atoms with Crippen molar-refractivity contribution in [1.82, 2.24) is 15.2 Å². The molecule has 0 saturated heterocycles. The Kier molecular flexibility index (Phi) is 3.51. The zero-order valence-corrected chi connectivity index (χ0v) is 10.3. The van der Waals surface area contributed by atoms with E-state index in [1.54, 1.807) is 6.07 Å². The van der Waals surface area contributed by atoms with Gasteiger partial charge in [-0.2, -0.15) is 4.98 Å². The second-order valence-electron chi connectivity index (χ2n) is 3.51. The van der Waals surface area contributed by atoms with Gasteiger partial charge < -0.3 is 14.6 Å². The summed E-state index contributed by atoms with van der Waals surface area (Å²) in [6.45, 7) is 0. The molecule has 1 amide bonds. The fourth-order valence-corrected chi connectivity index (χ4v) is 1.40. The minimum atomic E-state index is -0.529. The first-order chi connectivity index (χ1) is 9.13. The molecule has 0 radical (unpaired) electrons. The molecule has 19 heavy (non-hydrogen) atoms. The SMILES string of the molecule is COc1ccc(C(=O)Nc2nc(OC)n[nH]2)c(O)c1. The van der Waals surface area contributed by atoms with Gasteiger partial charge in [-0.15, -0.1) is 5.10 Å². The minimum Gasteiger partial charge on any atom is -0.507 e. The van der Waals surface area contributed by atoms with Gasteiger partial charge in [0, 0.05) is 6.07 Å². The molecule has 0 aliphatic heterocycles. The van der Waals surface area contributed by atoms with Crippen LogP contribution in [0.2, 0.25) is 0 Å². The number of carbonyl (C=O) groups excluding carboxylic acids is 1. The molecule has 1 aromatic carbocycles. The zero-order valence-electron chi connectivity index (χ0n) is 10.3. The van der Waals surface area contributed by atoms with Crippen LogP contribution in [-0.4, -0.2) is 40.4 Å². The van der Waals surface area contributed by atoms with Gasteiger partial charge in [0.2, 0.25) is 5.95 Å². The highest BCUT2D eigenvalue weighted by Crippen LogP contribution is 2.23. The van der Waals surface area contributed by atoms with Gasteiger partial charge in [-0.25, -0.2) is 5.10 Å². The molecule has 1 heterocycles. The van der Waals surface area contributed by atoms with Crippen LogP contribution >= 0.6 is 0 Å². The molecule has 100 valence electrons. The molecule has 0 aliphatic rings. The Morgan fingerprint density at radius 1 is 1.37 bits per heavy atom. The van der Waals surface area contributed by atoms with E-state index in [2.05, 4.69) is 20.5 Å². The molecule has 2 rings (SSSR count). The number of ether oxygens (including phenoxy) is 2. The van der Waals surface area contributed by atoms with E-state index in [0.29, 0.717) is 5.75 Å². The number of phenolic OH excluding ortho intramolecular Hbond substituents is 1. The number of H-pyrrole nitrogens is 1. The number of benzene rings is 1. The lowest BCUT2D eigenvalue weighted by Crippen LogP contribution is -2.13. The van der Waals surface area contributed by atoms with E-state index in [-0.39, 0.29) is 23.3 Å². The lowest BCUT2D eigenvalue weighted by molar-refractivity contribution is 0.102. The molecule has 0 fully saturated rings. The first-order valence-electron chi connectivity index (χ1n) is 5.28. The van der Waals surface area contributed by atoms with Crippen molar-refractivity contribution >= 4 is 11.9 Å². The molecule has 8 nitrogen and oxygen atoms in total. The highest BCUT2D eigenvalue weighted by atomic mass is 16.5. The number of amides is 1. The number of hydrogen-bond donors (Lipinski definition) is 3. The van der Waals surface area contributed by atoms with E-state index in [1.807, 2.05) is 0 Å². The average Bonchev–Trinajstić information content (AvgIpc) is 2.86. The summed E-state index contributed by atoms with van der Waals surface area (Å²) in [7, 11) is 2.87. The molecule has 0 unspecified atom stereocenters. The Labute approximate surface area is 108 Å². The molecule has 1 aromatic heterocycles. The molecule has 0 saturated carbocycles. The molecule has 0 bridgehead atoms. The van der Waals surface area contributed by atoms with Crippen LogP contribution < -0.4 is 14.8 Å². The maximum atomic E-state index is 11.9. The normalized spacial score (nSPS) is 10.0. The summed E-state index contributed by atoms with van der Waals surface area (Å²) in [6.07, 6.45) is 0. The number of aromatic amines is 1. The second-order valence-corrected chi connectivity index (χ2v) is 3.51. The van der Waals surface area contributed by atoms with Crippen LogP contribution in [0.4, 0.5) is 5.95 Å². The van der Waals surface area contributed by atoms with Crippen LogP contribution in [0.5, 0.6) is 17.5 Å². The van der Waals surface area contributed by atoms with Gasteiger partial charge in [0.05, 0.1) is 19.8 Å². The van der Waals surface area contributed by atoms with E-state index in [9.17, 15) is 9.90 Å². The van der Waals surface area contributed by atoms with Crippen LogP contribution in [0.3, 0.4) is 0 Å². The highest BCUT2D eigenvalue weighted by Gasteiger charge is 2.14. The van der Waals surface area contributed by atoms with E-state index in [0.717, 1.165) is 0 Å². The summed E-state index contributed by atoms with van der Waals surface area (Å²) >= 11 is 0. The number of carbonyl (C=O) groups is 1. The average molecular weight is 264 g/mol. The smallest absolute Gasteiger partial charge is 0.336 e. The van der Waals surface area contributed by atoms with Gasteiger partial charge in [0.1, 0.15) is 11.5 Å². The lowest BCUT2D eigenvalue weighted by Gasteiger charge is -2.06. The van der Waals surface area contributed by atoms with Crippen molar-refractivity contribution in [2.45, 2.75) is 0 Å². The number of nitrogens with one attached hydrogen (secondary N) is 2. The molecular weight excluding hydrogens is 252 g/mol. The fraction of sp³-hybridized carbons (Fsp3) is 0.182. The van der Waals surface area contributed by atoms with Gasteiger partial charge in [0.25, 0.3) is 5.91 Å². The van der Waals surface area contributed by atoms with Crippen molar-refractivity contribution in [3.8, 4) is 17.5 Å². The Hall–Kier alpha value is -2.77. The quantitative estimate of drug-likeness (QED) is 0.752. The van der Waals surface area contributed by atoms with Crippen molar-refractivity contribution in [2.24, 2.45) is 0 Å². The third-order valence-corrected chi connectivity index (χ3v) is 2.33. The Balaban J connectivity index is 2.15. The first kappa shape index (κ1) is 12.7. The van der Waals surface area contributed by atoms with Crippen molar-refractivity contribution < 1.29 is 19.4 Å². The van der Waals surface area contributed by atoms with E-state index >= 15 is 0 Å². The number of rotatable bonds is 4. The Morgan fingerprint density at radius 3 is 2.74 bits per heavy atom. The van der Waals surface area contributed by atoms with E-state index in [4.69, 9.17) is 9.47 Å². The highest BCUT2D eigenvalue weighted by molar-refractivity contribution is 6.05. The minimum absolute atomic E-state index is 0.0937. The third kappa shape index (κ3) is 2.73. The van der Waals surface area contributed by atoms with Crippen LogP contribution in [0.15, 0.2) is 18.2 Å². The number of aromatic hydroxyl groups is 1. The molecule has 0 spiro atoms. The lowest BCUT2D eigenvalue weighted by atomic mass is 10.2. The summed E-state index contributed by atoms with van der Waals surface area (Å²) in [6, 6.07) is 4.46. The van der Waals surface area contributed by atoms with E-state index < -0.39 is 5.91 Å². The molecule has 0 aliphatic carbocycles. The van der Waals surface area contributed by atoms with Crippen molar-refractivity contribution in [3.05, 3.63) is 23.8 Å². The number of phenols is 1. The third-order valence-electron chi connectivity index (χ3n) is 2.33. The fourth-order valence-electron chi connectivity index (χ4n) is 1.40. The van der Waals surface area contributed by atoms with Gasteiger partial charge in [-0.1, -0.05) is 0 Å². The van der Waals surface area contributed by atoms with Gasteiger partial charge >= 0.3 is 6.01 Å². The largest absolute Gasteiger partial charge is 0.507 e. The maximum absolute atomic E-state index is 11.9. The van der Waals surface area contributed by atoms with Crippen LogP contribution in [0.1, 0.15) is 10.4 Å². The van der Waals surface area contributed by atoms with Crippen LogP contribution in [0.25, 0.3) is 0 Å². The first-order valence-corrected chi connectivity index (χ1v) is 5.28. The summed E-state index contributed by atoms with van der Waals surface area (Å²) in [5.74, 6) is -0.144. The number of anilines is 1. The van der Waals surface area contributed by atoms with E-state index in [1.165, 1.54) is 26.4 Å². The van der Waals surface area contributed by atoms with Gasteiger partial charge in [-0.3, -0.25) is 10.1 Å². The molecule has 8 heteroatoms. The second kappa shape index (κ2) is 5.25. The molecule has 3 N–H and O–H groups in total. The Morgan fingerprint density at radius 2 is 2.16 bits per heavy atom. The van der Waals surface area contributed by atoms with Crippen LogP contribution in [0, 0.1) is 0 Å². The zero-order chi connectivity index (χ0) is 13.8. The van der Waals surface area contributed by atoms with Crippen molar-refractivity contribution in [3.63, 3.8) is 0 Å². The van der Waals surface area contributed by atoms with Crippen LogP contribution in [-0.2, 0) is 0 Å². The number of methoxy groups -OCH3 is 2. The number of aromatic nitrogens is 3. The van der Waals surface area contributed by atoms with Gasteiger partial charge in [0.15, 0.2) is 0 Å². The van der Waals surface area contributed by atoms with Crippen molar-refractivity contribution in [1.29, 1.82) is 0 Å². The number of nitrogens with zero attached hydrogens (tertiary/aromatic N) is 2. The summed E-state index contributed by atoms with van der Waals surface area (Å²) in [4.78, 5) is 15.7. The summed E-state index contributed by atoms with van der Waals surface area (Å²) in [5, 5.41) is 18.3. The number of hydrogen-bond acceptors (Lipinski definition) is 6. The summed E-state index contributed by atoms with van der Waals surface area (Å²) in [5.41, 5.74) is 0.0937. The van der Waals surface area contributed by atoms with Gasteiger partial charge in [-0.05, 0) is 12.1 Å².